The van der Waals surface area contributed by atoms with E-state index in [1.54, 1.807) is 18.2 Å². The average Bonchev–Trinajstić information content (AvgIpc) is 3.12. The van der Waals surface area contributed by atoms with Gasteiger partial charge >= 0.3 is 5.97 Å². The zero-order valence-corrected chi connectivity index (χ0v) is 14.1. The number of anilines is 1. The number of carboxylic acids is 1. The molecular formula is C19H16N4O4. The molecule has 0 bridgehead atoms. The van der Waals surface area contributed by atoms with Crippen molar-refractivity contribution in [3.63, 3.8) is 0 Å². The second-order valence-corrected chi connectivity index (χ2v) is 5.95. The van der Waals surface area contributed by atoms with E-state index in [0.717, 1.165) is 5.56 Å². The maximum absolute atomic E-state index is 12.4. The van der Waals surface area contributed by atoms with E-state index in [1.165, 1.54) is 16.8 Å². The van der Waals surface area contributed by atoms with Crippen molar-refractivity contribution in [2.45, 2.75) is 12.8 Å². The summed E-state index contributed by atoms with van der Waals surface area (Å²) in [6.07, 6.45) is -0.268. The van der Waals surface area contributed by atoms with E-state index in [1.807, 2.05) is 30.3 Å². The number of carboxylic acid groups (broad SMARTS) is 1. The summed E-state index contributed by atoms with van der Waals surface area (Å²) >= 11 is 0. The van der Waals surface area contributed by atoms with E-state index in [9.17, 15) is 14.7 Å². The minimum Gasteiger partial charge on any atom is -0.486 e. The van der Waals surface area contributed by atoms with Gasteiger partial charge in [0.25, 0.3) is 5.56 Å². The average molecular weight is 364 g/mol. The molecule has 0 saturated heterocycles. The fourth-order valence-electron chi connectivity index (χ4n) is 2.84. The molecule has 27 heavy (non-hydrogen) atoms. The zero-order chi connectivity index (χ0) is 18.8. The summed E-state index contributed by atoms with van der Waals surface area (Å²) in [5.74, 6) is -0.480. The van der Waals surface area contributed by atoms with Gasteiger partial charge in [0, 0.05) is 6.07 Å². The van der Waals surface area contributed by atoms with Gasteiger partial charge in [-0.3, -0.25) is 10.2 Å². The molecule has 3 aromatic rings. The van der Waals surface area contributed by atoms with E-state index in [2.05, 4.69) is 15.7 Å². The van der Waals surface area contributed by atoms with Gasteiger partial charge in [-0.15, -0.1) is 0 Å². The third-order valence-corrected chi connectivity index (χ3v) is 4.13. The Morgan fingerprint density at radius 3 is 2.67 bits per heavy atom. The van der Waals surface area contributed by atoms with Gasteiger partial charge in [0.15, 0.2) is 0 Å². The molecule has 1 atom stereocenters. The van der Waals surface area contributed by atoms with Crippen molar-refractivity contribution >= 4 is 11.9 Å². The summed E-state index contributed by atoms with van der Waals surface area (Å²) in [6.45, 7) is -0.0228. The van der Waals surface area contributed by atoms with Crippen LogP contribution in [0, 0.1) is 0 Å². The lowest BCUT2D eigenvalue weighted by molar-refractivity contribution is 0.0691. The van der Waals surface area contributed by atoms with E-state index in [-0.39, 0.29) is 29.6 Å². The van der Waals surface area contributed by atoms with Gasteiger partial charge in [0.2, 0.25) is 5.95 Å². The van der Waals surface area contributed by atoms with Crippen molar-refractivity contribution in [1.29, 1.82) is 0 Å². The highest BCUT2D eigenvalue weighted by Gasteiger charge is 2.23. The molecule has 0 amide bonds. The summed E-state index contributed by atoms with van der Waals surface area (Å²) in [4.78, 5) is 28.0. The highest BCUT2D eigenvalue weighted by molar-refractivity contribution is 5.90. The maximum atomic E-state index is 12.4. The molecule has 0 saturated carbocycles. The standard InChI is InChI=1S/C19H16N4O4/c24-16-10-13(11-27-15-9-5-4-8-14(15)18(25)26)20-19-21-17(22-23(16)19)12-6-2-1-3-7-12/h1-10,17,22H,11H2,(H,20,21)(H,25,26). The van der Waals surface area contributed by atoms with Crippen molar-refractivity contribution in [1.82, 2.24) is 9.66 Å². The van der Waals surface area contributed by atoms with Crippen LogP contribution in [0.1, 0.15) is 27.8 Å². The maximum Gasteiger partial charge on any atom is 0.339 e. The quantitative estimate of drug-likeness (QED) is 0.637. The molecule has 0 fully saturated rings. The molecule has 8 heteroatoms. The summed E-state index contributed by atoms with van der Waals surface area (Å²) in [6, 6.07) is 17.3. The molecule has 136 valence electrons. The summed E-state index contributed by atoms with van der Waals surface area (Å²) in [5.41, 5.74) is 4.20. The first-order valence-electron chi connectivity index (χ1n) is 8.28. The first-order valence-corrected chi connectivity index (χ1v) is 8.28. The number of hydrogen-bond donors (Lipinski definition) is 3. The Balaban J connectivity index is 1.54. The number of hydrogen-bond acceptors (Lipinski definition) is 6. The van der Waals surface area contributed by atoms with Gasteiger partial charge in [-0.2, -0.15) is 4.68 Å². The minimum absolute atomic E-state index is 0.0228. The molecule has 1 unspecified atom stereocenters. The fourth-order valence-corrected chi connectivity index (χ4v) is 2.84. The van der Waals surface area contributed by atoms with Gasteiger partial charge in [-0.1, -0.05) is 42.5 Å². The Morgan fingerprint density at radius 2 is 1.89 bits per heavy atom. The van der Waals surface area contributed by atoms with Crippen LogP contribution in [0.2, 0.25) is 0 Å². The number of nitrogens with zero attached hydrogens (tertiary/aromatic N) is 2. The SMILES string of the molecule is O=C(O)c1ccccc1OCc1cc(=O)n2c(n1)NC(c1ccccc1)N2. The molecule has 2 aromatic carbocycles. The molecule has 8 nitrogen and oxygen atoms in total. The number of fused-ring (bicyclic) bond motifs is 1. The number of ether oxygens (including phenoxy) is 1. The fraction of sp³-hybridized carbons (Fsp3) is 0.105. The van der Waals surface area contributed by atoms with Crippen LogP contribution in [0.4, 0.5) is 5.95 Å². The van der Waals surface area contributed by atoms with Gasteiger partial charge in [0.05, 0.1) is 5.69 Å². The third kappa shape index (κ3) is 3.32. The molecule has 3 N–H and O–H groups in total. The summed E-state index contributed by atoms with van der Waals surface area (Å²) in [7, 11) is 0. The van der Waals surface area contributed by atoms with Crippen LogP contribution in [-0.2, 0) is 6.61 Å². The van der Waals surface area contributed by atoms with E-state index in [0.29, 0.717) is 11.6 Å². The smallest absolute Gasteiger partial charge is 0.339 e. The van der Waals surface area contributed by atoms with Gasteiger partial charge in [-0.05, 0) is 17.7 Å². The Hall–Kier alpha value is -3.81. The van der Waals surface area contributed by atoms with Crippen LogP contribution >= 0.6 is 0 Å². The molecule has 2 heterocycles. The number of benzene rings is 2. The molecule has 1 aliphatic heterocycles. The first-order chi connectivity index (χ1) is 13.1. The minimum atomic E-state index is -1.08. The Morgan fingerprint density at radius 1 is 1.15 bits per heavy atom. The highest BCUT2D eigenvalue weighted by atomic mass is 16.5. The van der Waals surface area contributed by atoms with Crippen molar-refractivity contribution in [2.75, 3.05) is 10.7 Å². The Bertz CT molecular complexity index is 1050. The van der Waals surface area contributed by atoms with E-state index >= 15 is 0 Å². The highest BCUT2D eigenvalue weighted by Crippen LogP contribution is 2.23. The Kier molecular flexibility index (Phi) is 4.21. The van der Waals surface area contributed by atoms with Crippen molar-refractivity contribution in [2.24, 2.45) is 0 Å². The molecule has 4 rings (SSSR count). The summed E-state index contributed by atoms with van der Waals surface area (Å²) in [5, 5.41) is 12.4. The van der Waals surface area contributed by atoms with Crippen LogP contribution in [0.25, 0.3) is 0 Å². The third-order valence-electron chi connectivity index (χ3n) is 4.13. The predicted octanol–water partition coefficient (Wildman–Crippen LogP) is 2.19. The van der Waals surface area contributed by atoms with Gasteiger partial charge < -0.3 is 15.2 Å². The topological polar surface area (TPSA) is 105 Å². The first kappa shape index (κ1) is 16.6. The number of aromatic carboxylic acids is 1. The molecule has 0 radical (unpaired) electrons. The van der Waals surface area contributed by atoms with Crippen LogP contribution in [-0.4, -0.2) is 20.7 Å². The molecule has 0 aliphatic carbocycles. The normalized spacial score (nSPS) is 14.7. The Labute approximate surface area is 154 Å². The van der Waals surface area contributed by atoms with Crippen LogP contribution < -0.4 is 21.0 Å². The second-order valence-electron chi connectivity index (χ2n) is 5.95. The van der Waals surface area contributed by atoms with Crippen molar-refractivity contribution < 1.29 is 14.6 Å². The predicted molar refractivity (Wildman–Crippen MR) is 98.4 cm³/mol. The summed E-state index contributed by atoms with van der Waals surface area (Å²) < 4.78 is 6.91. The molecule has 1 aliphatic rings. The monoisotopic (exact) mass is 364 g/mol. The van der Waals surface area contributed by atoms with Crippen LogP contribution in [0.3, 0.4) is 0 Å². The van der Waals surface area contributed by atoms with Crippen LogP contribution in [0.15, 0.2) is 65.5 Å². The van der Waals surface area contributed by atoms with Crippen LogP contribution in [0.5, 0.6) is 5.75 Å². The van der Waals surface area contributed by atoms with E-state index < -0.39 is 5.97 Å². The van der Waals surface area contributed by atoms with Gasteiger partial charge in [0.1, 0.15) is 24.1 Å². The van der Waals surface area contributed by atoms with Gasteiger partial charge in [-0.25, -0.2) is 9.78 Å². The lowest BCUT2D eigenvalue weighted by Gasteiger charge is -2.10. The number of nitrogens with one attached hydrogen (secondary N) is 2. The van der Waals surface area contributed by atoms with Crippen molar-refractivity contribution in [3.05, 3.63) is 87.8 Å². The zero-order valence-electron chi connectivity index (χ0n) is 14.1. The number of para-hydroxylation sites is 1. The number of rotatable bonds is 5. The molecular weight excluding hydrogens is 348 g/mol. The lowest BCUT2D eigenvalue weighted by Crippen LogP contribution is -2.26. The lowest BCUT2D eigenvalue weighted by atomic mass is 10.2. The van der Waals surface area contributed by atoms with Crippen molar-refractivity contribution in [3.8, 4) is 5.75 Å². The molecule has 0 spiro atoms. The number of aromatic nitrogens is 2. The second kappa shape index (κ2) is 6.83. The molecule has 1 aromatic heterocycles. The largest absolute Gasteiger partial charge is 0.486 e. The van der Waals surface area contributed by atoms with E-state index in [4.69, 9.17) is 4.74 Å². The number of carbonyl (C=O) groups is 1.